The van der Waals surface area contributed by atoms with Gasteiger partial charge in [-0.2, -0.15) is 9.97 Å². The number of methoxy groups -OCH3 is 1. The number of imidazole rings is 1. The monoisotopic (exact) mass is 371 g/mol. The Hall–Kier alpha value is -2.84. The lowest BCUT2D eigenvalue weighted by Gasteiger charge is -2.50. The van der Waals surface area contributed by atoms with Crippen molar-refractivity contribution in [1.82, 2.24) is 24.8 Å². The molecule has 0 aromatic carbocycles. The molecule has 1 amide bonds. The SMILES string of the molecule is CCC(=O)N1CCc2[nH]cnc2C12CCN(c1cc(OC)nc(N)n1)CC2. The number of aromatic nitrogens is 4. The van der Waals surface area contributed by atoms with Gasteiger partial charge in [0.25, 0.3) is 0 Å². The van der Waals surface area contributed by atoms with Gasteiger partial charge in [-0.1, -0.05) is 6.92 Å². The van der Waals surface area contributed by atoms with Crippen LogP contribution in [0.25, 0.3) is 0 Å². The van der Waals surface area contributed by atoms with Gasteiger partial charge >= 0.3 is 0 Å². The summed E-state index contributed by atoms with van der Waals surface area (Å²) in [7, 11) is 1.56. The molecule has 9 nitrogen and oxygen atoms in total. The first-order chi connectivity index (χ1) is 13.1. The quantitative estimate of drug-likeness (QED) is 0.830. The van der Waals surface area contributed by atoms with Crippen molar-refractivity contribution in [2.75, 3.05) is 37.4 Å². The van der Waals surface area contributed by atoms with E-state index in [0.717, 1.165) is 56.1 Å². The van der Waals surface area contributed by atoms with Crippen molar-refractivity contribution < 1.29 is 9.53 Å². The number of rotatable bonds is 3. The zero-order valence-electron chi connectivity index (χ0n) is 15.7. The molecular formula is C18H25N7O2. The van der Waals surface area contributed by atoms with Gasteiger partial charge in [0, 0.05) is 44.2 Å². The number of anilines is 2. The average molecular weight is 371 g/mol. The molecule has 2 aliphatic heterocycles. The summed E-state index contributed by atoms with van der Waals surface area (Å²) in [6.07, 6.45) is 4.66. The summed E-state index contributed by atoms with van der Waals surface area (Å²) in [5.74, 6) is 1.58. The van der Waals surface area contributed by atoms with Crippen LogP contribution < -0.4 is 15.4 Å². The number of nitrogen functional groups attached to an aromatic ring is 1. The van der Waals surface area contributed by atoms with Gasteiger partial charge < -0.3 is 25.3 Å². The van der Waals surface area contributed by atoms with E-state index in [1.54, 1.807) is 19.5 Å². The van der Waals surface area contributed by atoms with E-state index in [2.05, 4.69) is 24.8 Å². The molecule has 1 fully saturated rings. The largest absolute Gasteiger partial charge is 0.481 e. The third-order valence-electron chi connectivity index (χ3n) is 5.69. The van der Waals surface area contributed by atoms with E-state index in [1.165, 1.54) is 0 Å². The molecule has 9 heteroatoms. The van der Waals surface area contributed by atoms with Crippen LogP contribution in [0.4, 0.5) is 11.8 Å². The van der Waals surface area contributed by atoms with Gasteiger partial charge in [-0.3, -0.25) is 4.79 Å². The number of hydrogen-bond donors (Lipinski definition) is 2. The number of carbonyl (C=O) groups excluding carboxylic acids is 1. The van der Waals surface area contributed by atoms with E-state index in [1.807, 2.05) is 11.8 Å². The number of amides is 1. The predicted molar refractivity (Wildman–Crippen MR) is 100 cm³/mol. The van der Waals surface area contributed by atoms with E-state index in [0.29, 0.717) is 12.3 Å². The number of ether oxygens (including phenoxy) is 1. The number of nitrogens with zero attached hydrogens (tertiary/aromatic N) is 5. The molecule has 0 radical (unpaired) electrons. The summed E-state index contributed by atoms with van der Waals surface area (Å²) in [6.45, 7) is 4.15. The standard InChI is InChI=1S/C18H25N7O2/c1-3-15(26)25-7-4-12-16(21-11-20-12)18(25)5-8-24(9-6-18)13-10-14(27-2)23-17(19)22-13/h10-11H,3-9H2,1-2H3,(H,20,21)(H2,19,22,23). The van der Waals surface area contributed by atoms with Crippen molar-refractivity contribution in [2.24, 2.45) is 0 Å². The molecule has 4 rings (SSSR count). The molecule has 0 atom stereocenters. The van der Waals surface area contributed by atoms with Crippen LogP contribution in [0.3, 0.4) is 0 Å². The fourth-order valence-electron chi connectivity index (χ4n) is 4.34. The maximum Gasteiger partial charge on any atom is 0.225 e. The molecular weight excluding hydrogens is 346 g/mol. The highest BCUT2D eigenvalue weighted by Gasteiger charge is 2.48. The third kappa shape index (κ3) is 2.87. The first-order valence-corrected chi connectivity index (χ1v) is 9.34. The maximum atomic E-state index is 12.7. The van der Waals surface area contributed by atoms with Crippen LogP contribution in [-0.4, -0.2) is 57.5 Å². The van der Waals surface area contributed by atoms with E-state index >= 15 is 0 Å². The van der Waals surface area contributed by atoms with Crippen LogP contribution in [0.5, 0.6) is 5.88 Å². The average Bonchev–Trinajstić information content (AvgIpc) is 3.18. The van der Waals surface area contributed by atoms with E-state index < -0.39 is 0 Å². The number of piperidine rings is 1. The normalized spacial score (nSPS) is 18.4. The Morgan fingerprint density at radius 2 is 2.11 bits per heavy atom. The Morgan fingerprint density at radius 3 is 2.81 bits per heavy atom. The number of aromatic amines is 1. The van der Waals surface area contributed by atoms with Crippen molar-refractivity contribution in [1.29, 1.82) is 0 Å². The summed E-state index contributed by atoms with van der Waals surface area (Å²) >= 11 is 0. The number of fused-ring (bicyclic) bond motifs is 2. The number of carbonyl (C=O) groups is 1. The Bertz CT molecular complexity index is 842. The Labute approximate surface area is 157 Å². The van der Waals surface area contributed by atoms with Crippen LogP contribution in [0.1, 0.15) is 37.6 Å². The van der Waals surface area contributed by atoms with Gasteiger partial charge in [-0.15, -0.1) is 0 Å². The summed E-state index contributed by atoms with van der Waals surface area (Å²) in [5.41, 5.74) is 7.64. The number of nitrogens with two attached hydrogens (primary N) is 1. The van der Waals surface area contributed by atoms with Gasteiger partial charge in [-0.25, -0.2) is 4.98 Å². The second-order valence-corrected chi connectivity index (χ2v) is 7.02. The molecule has 4 heterocycles. The van der Waals surface area contributed by atoms with Crippen molar-refractivity contribution in [3.8, 4) is 5.88 Å². The molecule has 2 aromatic heterocycles. The summed E-state index contributed by atoms with van der Waals surface area (Å²) in [5, 5.41) is 0. The molecule has 0 aliphatic carbocycles. The molecule has 27 heavy (non-hydrogen) atoms. The Kier molecular flexibility index (Phi) is 4.37. The van der Waals surface area contributed by atoms with Gasteiger partial charge in [-0.05, 0) is 12.8 Å². The molecule has 144 valence electrons. The van der Waals surface area contributed by atoms with Crippen LogP contribution in [-0.2, 0) is 16.8 Å². The summed E-state index contributed by atoms with van der Waals surface area (Å²) in [4.78, 5) is 33.2. The molecule has 0 bridgehead atoms. The minimum atomic E-state index is -0.347. The molecule has 1 spiro atoms. The highest BCUT2D eigenvalue weighted by molar-refractivity contribution is 5.77. The molecule has 2 aromatic rings. The van der Waals surface area contributed by atoms with Gasteiger partial charge in [0.1, 0.15) is 5.82 Å². The Morgan fingerprint density at radius 1 is 1.33 bits per heavy atom. The predicted octanol–water partition coefficient (Wildman–Crippen LogP) is 1.08. The van der Waals surface area contributed by atoms with Crippen molar-refractivity contribution in [3.63, 3.8) is 0 Å². The van der Waals surface area contributed by atoms with E-state index in [4.69, 9.17) is 10.5 Å². The smallest absolute Gasteiger partial charge is 0.225 e. The molecule has 3 N–H and O–H groups in total. The molecule has 0 saturated carbocycles. The highest BCUT2D eigenvalue weighted by atomic mass is 16.5. The van der Waals surface area contributed by atoms with Crippen LogP contribution in [0.2, 0.25) is 0 Å². The first kappa shape index (κ1) is 17.6. The van der Waals surface area contributed by atoms with Crippen LogP contribution in [0, 0.1) is 0 Å². The number of H-pyrrole nitrogens is 1. The zero-order valence-corrected chi connectivity index (χ0v) is 15.7. The Balaban J connectivity index is 1.63. The maximum absolute atomic E-state index is 12.7. The van der Waals surface area contributed by atoms with Crippen molar-refractivity contribution in [2.45, 2.75) is 38.1 Å². The number of nitrogens with one attached hydrogen (secondary N) is 1. The second kappa shape index (κ2) is 6.71. The lowest BCUT2D eigenvalue weighted by Crippen LogP contribution is -2.58. The first-order valence-electron chi connectivity index (χ1n) is 9.34. The number of hydrogen-bond acceptors (Lipinski definition) is 7. The summed E-state index contributed by atoms with van der Waals surface area (Å²) < 4.78 is 5.21. The topological polar surface area (TPSA) is 113 Å². The summed E-state index contributed by atoms with van der Waals surface area (Å²) in [6, 6.07) is 1.80. The highest BCUT2D eigenvalue weighted by Crippen LogP contribution is 2.43. The van der Waals surface area contributed by atoms with E-state index in [9.17, 15) is 4.79 Å². The minimum absolute atomic E-state index is 0.185. The molecule has 2 aliphatic rings. The fourth-order valence-corrected chi connectivity index (χ4v) is 4.34. The van der Waals surface area contributed by atoms with Gasteiger partial charge in [0.05, 0.1) is 24.7 Å². The van der Waals surface area contributed by atoms with Crippen molar-refractivity contribution in [3.05, 3.63) is 23.8 Å². The van der Waals surface area contributed by atoms with E-state index in [-0.39, 0.29) is 17.4 Å². The third-order valence-corrected chi connectivity index (χ3v) is 5.69. The molecule has 0 unspecified atom stereocenters. The fraction of sp³-hybridized carbons (Fsp3) is 0.556. The van der Waals surface area contributed by atoms with Crippen LogP contribution >= 0.6 is 0 Å². The lowest BCUT2D eigenvalue weighted by atomic mass is 9.78. The van der Waals surface area contributed by atoms with Gasteiger partial charge in [0.15, 0.2) is 0 Å². The van der Waals surface area contributed by atoms with Gasteiger partial charge in [0.2, 0.25) is 17.7 Å². The van der Waals surface area contributed by atoms with Crippen LogP contribution in [0.15, 0.2) is 12.4 Å². The molecule has 1 saturated heterocycles. The second-order valence-electron chi connectivity index (χ2n) is 7.02. The zero-order chi connectivity index (χ0) is 19.0. The lowest BCUT2D eigenvalue weighted by molar-refractivity contribution is -0.140. The van der Waals surface area contributed by atoms with Crippen molar-refractivity contribution >= 4 is 17.7 Å². The minimum Gasteiger partial charge on any atom is -0.481 e.